The molecule has 4 heteroatoms. The zero-order valence-electron chi connectivity index (χ0n) is 10.7. The van der Waals surface area contributed by atoms with E-state index in [2.05, 4.69) is 0 Å². The third-order valence-corrected chi connectivity index (χ3v) is 2.26. The van der Waals surface area contributed by atoms with Gasteiger partial charge in [-0.05, 0) is 19.4 Å². The maximum Gasteiger partial charge on any atom is 0.373 e. The van der Waals surface area contributed by atoms with Gasteiger partial charge in [0.2, 0.25) is 0 Å². The van der Waals surface area contributed by atoms with Gasteiger partial charge in [0.25, 0.3) is 0 Å². The normalized spacial score (nSPS) is 8.39. The summed E-state index contributed by atoms with van der Waals surface area (Å²) in [5.41, 5.74) is 2.87. The Kier molecular flexibility index (Phi) is 7.82. The van der Waals surface area contributed by atoms with E-state index >= 15 is 0 Å². The van der Waals surface area contributed by atoms with E-state index in [0.29, 0.717) is 6.42 Å². The lowest BCUT2D eigenvalue weighted by atomic mass is 10.0. The molecule has 0 saturated carbocycles. The molecule has 1 rings (SSSR count). The molecular formula is C14H16O4. The number of ether oxygens (including phenoxy) is 1. The van der Waals surface area contributed by atoms with Crippen LogP contribution in [-0.2, 0) is 25.5 Å². The summed E-state index contributed by atoms with van der Waals surface area (Å²) < 4.78 is 4.75. The van der Waals surface area contributed by atoms with Crippen LogP contribution in [0.25, 0.3) is 0 Å². The Bertz CT molecular complexity index is 436. The van der Waals surface area contributed by atoms with E-state index < -0.39 is 0 Å². The van der Waals surface area contributed by atoms with Crippen LogP contribution in [0.4, 0.5) is 0 Å². The molecule has 0 aliphatic rings. The zero-order chi connectivity index (χ0) is 14.0. The summed E-state index contributed by atoms with van der Waals surface area (Å²) in [6, 6.07) is 9.91. The van der Waals surface area contributed by atoms with Gasteiger partial charge in [0.15, 0.2) is 0 Å². The van der Waals surface area contributed by atoms with E-state index in [-0.39, 0.29) is 12.1 Å². The predicted molar refractivity (Wildman–Crippen MR) is 65.5 cm³/mol. The predicted octanol–water partition coefficient (Wildman–Crippen LogP) is 2.16. The van der Waals surface area contributed by atoms with Crippen molar-refractivity contribution in [2.24, 2.45) is 0 Å². The maximum atomic E-state index is 11.5. The number of hydrogen-bond donors (Lipinski definition) is 0. The smallest absolute Gasteiger partial charge is 0.373 e. The average Bonchev–Trinajstić information content (AvgIpc) is 2.37. The quantitative estimate of drug-likeness (QED) is 0.607. The number of hydrogen-bond acceptors (Lipinski definition) is 4. The Morgan fingerprint density at radius 2 is 1.67 bits per heavy atom. The topological polar surface area (TPSA) is 60.4 Å². The average molecular weight is 248 g/mol. The second kappa shape index (κ2) is 8.90. The zero-order valence-corrected chi connectivity index (χ0v) is 10.7. The summed E-state index contributed by atoms with van der Waals surface area (Å²) in [5, 5.41) is 0. The summed E-state index contributed by atoms with van der Waals surface area (Å²) in [6.45, 7) is 3.85. The molecule has 0 unspecified atom stereocenters. The largest absolute Gasteiger partial charge is 0.466 e. The molecular weight excluding hydrogens is 232 g/mol. The van der Waals surface area contributed by atoms with Crippen LogP contribution in [0.15, 0.2) is 41.5 Å². The van der Waals surface area contributed by atoms with Crippen molar-refractivity contribution in [2.75, 3.05) is 7.11 Å². The fraction of sp³-hybridized carbons (Fsp3) is 0.286. The van der Waals surface area contributed by atoms with Gasteiger partial charge in [-0.1, -0.05) is 35.9 Å². The van der Waals surface area contributed by atoms with Gasteiger partial charge in [-0.2, -0.15) is 9.59 Å². The van der Waals surface area contributed by atoms with Crippen LogP contribution in [-0.4, -0.2) is 19.2 Å². The van der Waals surface area contributed by atoms with Crippen LogP contribution < -0.4 is 0 Å². The number of carbonyl (C=O) groups excluding carboxylic acids is 3. The number of rotatable bonds is 3. The first-order valence-electron chi connectivity index (χ1n) is 5.34. The van der Waals surface area contributed by atoms with Crippen molar-refractivity contribution < 1.29 is 19.1 Å². The summed E-state index contributed by atoms with van der Waals surface area (Å²) in [5.74, 6) is -0.237. The van der Waals surface area contributed by atoms with E-state index in [0.717, 1.165) is 16.7 Å². The van der Waals surface area contributed by atoms with E-state index in [1.165, 1.54) is 7.11 Å². The van der Waals surface area contributed by atoms with Crippen molar-refractivity contribution in [1.29, 1.82) is 0 Å². The standard InChI is InChI=1S/C13H16O2.CO2/c1-10(2)12(13(14)15-3)9-11-7-5-4-6-8-11;2-1-3/h4-8H,9H2,1-3H3;. The first-order chi connectivity index (χ1) is 8.56. The van der Waals surface area contributed by atoms with Crippen molar-refractivity contribution in [3.63, 3.8) is 0 Å². The van der Waals surface area contributed by atoms with E-state index in [1.807, 2.05) is 44.2 Å². The first-order valence-corrected chi connectivity index (χ1v) is 5.34. The van der Waals surface area contributed by atoms with Crippen LogP contribution in [0.3, 0.4) is 0 Å². The van der Waals surface area contributed by atoms with Crippen molar-refractivity contribution in [2.45, 2.75) is 20.3 Å². The molecule has 1 aromatic rings. The van der Waals surface area contributed by atoms with Gasteiger partial charge in [0.1, 0.15) is 0 Å². The number of allylic oxidation sites excluding steroid dienone is 1. The van der Waals surface area contributed by atoms with Crippen molar-refractivity contribution in [3.05, 3.63) is 47.0 Å². The second-order valence-electron chi connectivity index (χ2n) is 3.72. The molecule has 0 amide bonds. The minimum absolute atomic E-state index is 0.237. The monoisotopic (exact) mass is 248 g/mol. The van der Waals surface area contributed by atoms with Gasteiger partial charge in [-0.25, -0.2) is 4.79 Å². The lowest BCUT2D eigenvalue weighted by Gasteiger charge is -2.07. The third kappa shape index (κ3) is 5.77. The van der Waals surface area contributed by atoms with Crippen molar-refractivity contribution >= 4 is 12.1 Å². The summed E-state index contributed by atoms with van der Waals surface area (Å²) in [4.78, 5) is 27.7. The highest BCUT2D eigenvalue weighted by Gasteiger charge is 2.11. The van der Waals surface area contributed by atoms with Crippen LogP contribution in [0.2, 0.25) is 0 Å². The summed E-state index contributed by atoms with van der Waals surface area (Å²) in [6.07, 6.45) is 0.885. The summed E-state index contributed by atoms with van der Waals surface area (Å²) in [7, 11) is 1.41. The van der Waals surface area contributed by atoms with Gasteiger partial charge < -0.3 is 4.74 Å². The number of carbonyl (C=O) groups is 1. The highest BCUT2D eigenvalue weighted by Crippen LogP contribution is 2.13. The van der Waals surface area contributed by atoms with Gasteiger partial charge in [0, 0.05) is 12.0 Å². The van der Waals surface area contributed by atoms with Crippen LogP contribution in [0, 0.1) is 0 Å². The highest BCUT2D eigenvalue weighted by molar-refractivity contribution is 5.89. The SMILES string of the molecule is COC(=O)C(Cc1ccccc1)=C(C)C.O=C=O. The van der Waals surface area contributed by atoms with E-state index in [9.17, 15) is 4.79 Å². The van der Waals surface area contributed by atoms with E-state index in [4.69, 9.17) is 14.3 Å². The van der Waals surface area contributed by atoms with Crippen LogP contribution >= 0.6 is 0 Å². The molecule has 0 spiro atoms. The molecule has 0 atom stereocenters. The highest BCUT2D eigenvalue weighted by atomic mass is 16.5. The lowest BCUT2D eigenvalue weighted by molar-refractivity contribution is -0.191. The maximum absolute atomic E-state index is 11.5. The fourth-order valence-electron chi connectivity index (χ4n) is 1.38. The van der Waals surface area contributed by atoms with Crippen LogP contribution in [0.5, 0.6) is 0 Å². The van der Waals surface area contributed by atoms with E-state index in [1.54, 1.807) is 0 Å². The van der Waals surface area contributed by atoms with Gasteiger partial charge in [-0.15, -0.1) is 0 Å². The number of methoxy groups -OCH3 is 1. The Hall–Kier alpha value is -2.19. The Morgan fingerprint density at radius 3 is 2.06 bits per heavy atom. The molecule has 1 aromatic carbocycles. The van der Waals surface area contributed by atoms with Crippen LogP contribution in [0.1, 0.15) is 19.4 Å². The third-order valence-electron chi connectivity index (χ3n) is 2.26. The molecule has 96 valence electrons. The molecule has 18 heavy (non-hydrogen) atoms. The Labute approximate surface area is 106 Å². The second-order valence-corrected chi connectivity index (χ2v) is 3.72. The number of benzene rings is 1. The van der Waals surface area contributed by atoms with Gasteiger partial charge >= 0.3 is 12.1 Å². The summed E-state index contributed by atoms with van der Waals surface area (Å²) >= 11 is 0. The minimum Gasteiger partial charge on any atom is -0.466 e. The molecule has 0 heterocycles. The Balaban J connectivity index is 0.000000873. The van der Waals surface area contributed by atoms with Gasteiger partial charge in [-0.3, -0.25) is 0 Å². The lowest BCUT2D eigenvalue weighted by Crippen LogP contribution is -2.09. The number of esters is 1. The molecule has 0 radical (unpaired) electrons. The molecule has 0 aliphatic carbocycles. The molecule has 4 nitrogen and oxygen atoms in total. The first kappa shape index (κ1) is 15.8. The minimum atomic E-state index is -0.237. The molecule has 0 N–H and O–H groups in total. The molecule has 0 saturated heterocycles. The van der Waals surface area contributed by atoms with Gasteiger partial charge in [0.05, 0.1) is 7.11 Å². The Morgan fingerprint density at radius 1 is 1.17 bits per heavy atom. The molecule has 0 bridgehead atoms. The molecule has 0 aromatic heterocycles. The van der Waals surface area contributed by atoms with Crippen molar-refractivity contribution in [1.82, 2.24) is 0 Å². The van der Waals surface area contributed by atoms with Crippen molar-refractivity contribution in [3.8, 4) is 0 Å². The molecule has 0 fully saturated rings. The fourth-order valence-corrected chi connectivity index (χ4v) is 1.38. The molecule has 0 aliphatic heterocycles.